The van der Waals surface area contributed by atoms with Crippen LogP contribution in [-0.2, 0) is 6.18 Å². The Bertz CT molecular complexity index is 1040. The molecule has 1 aliphatic heterocycles. The van der Waals surface area contributed by atoms with Gasteiger partial charge in [0, 0.05) is 43.3 Å². The fourth-order valence-electron chi connectivity index (χ4n) is 3.69. The van der Waals surface area contributed by atoms with Crippen molar-refractivity contribution in [2.24, 2.45) is 0 Å². The molecule has 2 aromatic carbocycles. The second-order valence-corrected chi connectivity index (χ2v) is 6.91. The van der Waals surface area contributed by atoms with Crippen LogP contribution in [-0.4, -0.2) is 49.1 Å². The van der Waals surface area contributed by atoms with E-state index in [0.29, 0.717) is 42.6 Å². The van der Waals surface area contributed by atoms with Gasteiger partial charge in [0.05, 0.1) is 23.9 Å². The van der Waals surface area contributed by atoms with Crippen molar-refractivity contribution >= 4 is 22.5 Å². The standard InChI is InChI=1S/C21H20F3N3O2/c1-29-19-5-3-2-4-18(19)26-8-10-27(11-9-26)20(28)16-13-25-17-12-14(21(22,23)24)6-7-15(16)17/h2-7,12-13,25H,8-11H2,1H3. The first kappa shape index (κ1) is 19.2. The van der Waals surface area contributed by atoms with E-state index >= 15 is 0 Å². The van der Waals surface area contributed by atoms with Crippen molar-refractivity contribution in [2.75, 3.05) is 38.2 Å². The van der Waals surface area contributed by atoms with Crippen molar-refractivity contribution in [2.45, 2.75) is 6.18 Å². The van der Waals surface area contributed by atoms with Crippen LogP contribution < -0.4 is 9.64 Å². The molecule has 0 radical (unpaired) electrons. The summed E-state index contributed by atoms with van der Waals surface area (Å²) in [4.78, 5) is 19.6. The Morgan fingerprint density at radius 2 is 1.79 bits per heavy atom. The van der Waals surface area contributed by atoms with Crippen LogP contribution in [0.5, 0.6) is 5.75 Å². The van der Waals surface area contributed by atoms with Crippen molar-refractivity contribution in [3.05, 3.63) is 59.8 Å². The van der Waals surface area contributed by atoms with E-state index in [1.54, 1.807) is 12.0 Å². The Morgan fingerprint density at radius 1 is 1.07 bits per heavy atom. The van der Waals surface area contributed by atoms with Crippen molar-refractivity contribution < 1.29 is 22.7 Å². The van der Waals surface area contributed by atoms with Gasteiger partial charge in [-0.1, -0.05) is 18.2 Å². The zero-order chi connectivity index (χ0) is 20.6. The summed E-state index contributed by atoms with van der Waals surface area (Å²) in [6, 6.07) is 11.1. The molecule has 1 amide bonds. The monoisotopic (exact) mass is 403 g/mol. The highest BCUT2D eigenvalue weighted by atomic mass is 19.4. The predicted octanol–water partition coefficient (Wildman–Crippen LogP) is 4.16. The highest BCUT2D eigenvalue weighted by molar-refractivity contribution is 6.06. The molecule has 0 atom stereocenters. The molecule has 29 heavy (non-hydrogen) atoms. The van der Waals surface area contributed by atoms with Crippen LogP contribution in [0.4, 0.5) is 18.9 Å². The molecule has 1 saturated heterocycles. The third kappa shape index (κ3) is 3.62. The Labute approximate surface area is 165 Å². The zero-order valence-corrected chi connectivity index (χ0v) is 15.8. The van der Waals surface area contributed by atoms with Crippen LogP contribution in [0.2, 0.25) is 0 Å². The number of para-hydroxylation sites is 2. The van der Waals surface area contributed by atoms with Crippen LogP contribution in [0.3, 0.4) is 0 Å². The summed E-state index contributed by atoms with van der Waals surface area (Å²) in [7, 11) is 1.62. The first-order chi connectivity index (χ1) is 13.9. The summed E-state index contributed by atoms with van der Waals surface area (Å²) in [6.45, 7) is 2.33. The molecule has 0 aliphatic carbocycles. The first-order valence-corrected chi connectivity index (χ1v) is 9.24. The van der Waals surface area contributed by atoms with E-state index in [0.717, 1.165) is 23.6 Å². The van der Waals surface area contributed by atoms with Gasteiger partial charge >= 0.3 is 6.18 Å². The molecule has 0 saturated carbocycles. The lowest BCUT2D eigenvalue weighted by Gasteiger charge is -2.36. The van der Waals surface area contributed by atoms with Gasteiger partial charge in [-0.3, -0.25) is 4.79 Å². The summed E-state index contributed by atoms with van der Waals surface area (Å²) in [6.07, 6.45) is -2.93. The number of hydrogen-bond acceptors (Lipinski definition) is 3. The minimum atomic E-state index is -4.42. The van der Waals surface area contributed by atoms with E-state index in [1.165, 1.54) is 12.3 Å². The van der Waals surface area contributed by atoms with E-state index in [1.807, 2.05) is 24.3 Å². The van der Waals surface area contributed by atoms with Crippen molar-refractivity contribution in [1.29, 1.82) is 0 Å². The fraction of sp³-hybridized carbons (Fsp3) is 0.286. The number of anilines is 1. The number of piperazine rings is 1. The molecule has 5 nitrogen and oxygen atoms in total. The summed E-state index contributed by atoms with van der Waals surface area (Å²) in [5, 5.41) is 0.496. The topological polar surface area (TPSA) is 48.6 Å². The average Bonchev–Trinajstić information content (AvgIpc) is 3.16. The van der Waals surface area contributed by atoms with Gasteiger partial charge in [0.2, 0.25) is 0 Å². The van der Waals surface area contributed by atoms with E-state index in [-0.39, 0.29) is 5.91 Å². The third-order valence-electron chi connectivity index (χ3n) is 5.23. The molecular formula is C21H20F3N3O2. The van der Waals surface area contributed by atoms with E-state index < -0.39 is 11.7 Å². The smallest absolute Gasteiger partial charge is 0.416 e. The minimum absolute atomic E-state index is 0.185. The van der Waals surface area contributed by atoms with Crippen LogP contribution >= 0.6 is 0 Å². The molecule has 8 heteroatoms. The van der Waals surface area contributed by atoms with Crippen LogP contribution in [0.25, 0.3) is 10.9 Å². The third-order valence-corrected chi connectivity index (χ3v) is 5.23. The van der Waals surface area contributed by atoms with E-state index in [9.17, 15) is 18.0 Å². The van der Waals surface area contributed by atoms with Crippen molar-refractivity contribution in [3.63, 3.8) is 0 Å². The van der Waals surface area contributed by atoms with Gasteiger partial charge in [-0.25, -0.2) is 0 Å². The number of carbonyl (C=O) groups excluding carboxylic acids is 1. The maximum absolute atomic E-state index is 13.0. The Balaban J connectivity index is 1.50. The predicted molar refractivity (Wildman–Crippen MR) is 104 cm³/mol. The number of ether oxygens (including phenoxy) is 1. The number of alkyl halides is 3. The number of nitrogens with one attached hydrogen (secondary N) is 1. The van der Waals surface area contributed by atoms with Crippen molar-refractivity contribution in [3.8, 4) is 5.75 Å². The van der Waals surface area contributed by atoms with Gasteiger partial charge in [0.15, 0.2) is 0 Å². The molecule has 1 N–H and O–H groups in total. The second-order valence-electron chi connectivity index (χ2n) is 6.91. The molecule has 0 unspecified atom stereocenters. The van der Waals surface area contributed by atoms with Gasteiger partial charge in [0.25, 0.3) is 5.91 Å². The highest BCUT2D eigenvalue weighted by Gasteiger charge is 2.31. The average molecular weight is 403 g/mol. The molecule has 0 spiro atoms. The maximum Gasteiger partial charge on any atom is 0.416 e. The van der Waals surface area contributed by atoms with Gasteiger partial charge in [-0.15, -0.1) is 0 Å². The zero-order valence-electron chi connectivity index (χ0n) is 15.8. The largest absolute Gasteiger partial charge is 0.495 e. The normalized spacial score (nSPS) is 15.0. The quantitative estimate of drug-likeness (QED) is 0.715. The first-order valence-electron chi connectivity index (χ1n) is 9.24. The van der Waals surface area contributed by atoms with Gasteiger partial charge in [-0.2, -0.15) is 13.2 Å². The molecule has 0 bridgehead atoms. The number of fused-ring (bicyclic) bond motifs is 1. The molecule has 1 aromatic heterocycles. The van der Waals surface area contributed by atoms with Crippen LogP contribution in [0.1, 0.15) is 15.9 Å². The van der Waals surface area contributed by atoms with E-state index in [4.69, 9.17) is 4.74 Å². The number of carbonyl (C=O) groups is 1. The number of hydrogen-bond donors (Lipinski definition) is 1. The number of methoxy groups -OCH3 is 1. The SMILES string of the molecule is COc1ccccc1N1CCN(C(=O)c2c[nH]c3cc(C(F)(F)F)ccc23)CC1. The summed E-state index contributed by atoms with van der Waals surface area (Å²) in [5.41, 5.74) is 0.931. The van der Waals surface area contributed by atoms with E-state index in [2.05, 4.69) is 9.88 Å². The number of nitrogens with zero attached hydrogens (tertiary/aromatic N) is 2. The fourth-order valence-corrected chi connectivity index (χ4v) is 3.69. The van der Waals surface area contributed by atoms with Crippen LogP contribution in [0.15, 0.2) is 48.7 Å². The summed E-state index contributed by atoms with van der Waals surface area (Å²) in [5.74, 6) is 0.597. The second kappa shape index (κ2) is 7.35. The number of H-pyrrole nitrogens is 1. The number of rotatable bonds is 3. The molecule has 4 rings (SSSR count). The number of benzene rings is 2. The number of aromatic nitrogens is 1. The highest BCUT2D eigenvalue weighted by Crippen LogP contribution is 2.33. The number of halogens is 3. The molecule has 1 aliphatic rings. The van der Waals surface area contributed by atoms with Gasteiger partial charge < -0.3 is 19.5 Å². The maximum atomic E-state index is 13.0. The molecule has 1 fully saturated rings. The lowest BCUT2D eigenvalue weighted by atomic mass is 10.1. The van der Waals surface area contributed by atoms with Crippen molar-refractivity contribution in [1.82, 2.24) is 9.88 Å². The number of aromatic amines is 1. The minimum Gasteiger partial charge on any atom is -0.495 e. The van der Waals surface area contributed by atoms with Gasteiger partial charge in [0.1, 0.15) is 5.75 Å². The Hall–Kier alpha value is -3.16. The Kier molecular flexibility index (Phi) is 4.86. The van der Waals surface area contributed by atoms with Crippen LogP contribution in [0, 0.1) is 0 Å². The summed E-state index contributed by atoms with van der Waals surface area (Å²) >= 11 is 0. The summed E-state index contributed by atoms with van der Waals surface area (Å²) < 4.78 is 44.1. The molecular weight excluding hydrogens is 383 g/mol. The van der Waals surface area contributed by atoms with Gasteiger partial charge in [-0.05, 0) is 24.3 Å². The lowest BCUT2D eigenvalue weighted by molar-refractivity contribution is -0.137. The molecule has 152 valence electrons. The Morgan fingerprint density at radius 3 is 2.48 bits per heavy atom. The lowest BCUT2D eigenvalue weighted by Crippen LogP contribution is -2.48. The molecule has 3 aromatic rings. The molecule has 2 heterocycles. The number of amides is 1.